The third-order valence-electron chi connectivity index (χ3n) is 23.1. The molecule has 0 unspecified atom stereocenters. The number of hydrogen-bond donors (Lipinski definition) is 4. The van der Waals surface area contributed by atoms with E-state index >= 15 is 0 Å². The van der Waals surface area contributed by atoms with Crippen LogP contribution in [0.5, 0.6) is 0 Å². The average Bonchev–Trinajstić information content (AvgIpc) is 0.991. The van der Waals surface area contributed by atoms with Gasteiger partial charge in [0.2, 0.25) is 0 Å². The highest BCUT2D eigenvalue weighted by molar-refractivity contribution is 5.91. The van der Waals surface area contributed by atoms with Gasteiger partial charge in [-0.05, 0) is 105 Å². The molecular formula is C76H105N9O10. The summed E-state index contributed by atoms with van der Waals surface area (Å²) in [6.45, 7) is 24.4. The minimum absolute atomic E-state index is 0.237. The summed E-state index contributed by atoms with van der Waals surface area (Å²) in [5, 5.41) is 11.3. The van der Waals surface area contributed by atoms with Crippen LogP contribution in [0.15, 0.2) is 97.1 Å². The van der Waals surface area contributed by atoms with Crippen molar-refractivity contribution in [3.8, 4) is 0 Å². The molecule has 4 aromatic rings. The zero-order valence-electron chi connectivity index (χ0n) is 57.6. The van der Waals surface area contributed by atoms with Gasteiger partial charge in [0.1, 0.15) is 22.4 Å². The maximum Gasteiger partial charge on any atom is 0.412 e. The van der Waals surface area contributed by atoms with Crippen LogP contribution in [0.1, 0.15) is 186 Å². The number of piperidine rings is 5. The van der Waals surface area contributed by atoms with E-state index in [9.17, 15) is 24.0 Å². The molecular weight excluding hydrogens is 1200 g/mol. The summed E-state index contributed by atoms with van der Waals surface area (Å²) < 4.78 is 28.0. The molecule has 4 N–H and O–H groups in total. The lowest BCUT2D eigenvalue weighted by atomic mass is 9.71. The first-order chi connectivity index (χ1) is 45.6. The lowest BCUT2D eigenvalue weighted by molar-refractivity contribution is -0.0514. The van der Waals surface area contributed by atoms with Crippen molar-refractivity contribution in [2.75, 3.05) is 100 Å². The van der Waals surface area contributed by atoms with Gasteiger partial charge in [-0.2, -0.15) is 0 Å². The Bertz CT molecular complexity index is 3330. The van der Waals surface area contributed by atoms with E-state index in [-0.39, 0.29) is 30.5 Å². The Morgan fingerprint density at radius 2 is 0.737 bits per heavy atom. The molecule has 19 heteroatoms. The number of amides is 5. The van der Waals surface area contributed by atoms with Crippen LogP contribution < -0.4 is 21.3 Å². The normalized spacial score (nSPS) is 24.8. The number of rotatable bonds is 5. The third kappa shape index (κ3) is 15.4. The first kappa shape index (κ1) is 68.0. The van der Waals surface area contributed by atoms with E-state index in [4.69, 9.17) is 23.7 Å². The monoisotopic (exact) mass is 1300 g/mol. The predicted molar refractivity (Wildman–Crippen MR) is 370 cm³/mol. The summed E-state index contributed by atoms with van der Waals surface area (Å²) in [4.78, 5) is 71.5. The first-order valence-corrected chi connectivity index (χ1v) is 35.8. The van der Waals surface area contributed by atoms with Crippen LogP contribution in [0.4, 0.5) is 46.7 Å². The predicted octanol–water partition coefficient (Wildman–Crippen LogP) is 15.4. The average molecular weight is 1300 g/mol. The molecule has 7 fully saturated rings. The van der Waals surface area contributed by atoms with Crippen LogP contribution in [0.2, 0.25) is 0 Å². The molecule has 95 heavy (non-hydrogen) atoms. The van der Waals surface area contributed by atoms with Gasteiger partial charge < -0.3 is 43.3 Å². The Labute approximate surface area is 563 Å². The fourth-order valence-electron chi connectivity index (χ4n) is 17.4. The minimum atomic E-state index is -0.512. The summed E-state index contributed by atoms with van der Waals surface area (Å²) in [5.41, 5.74) is 7.13. The van der Waals surface area contributed by atoms with Crippen molar-refractivity contribution in [3.63, 3.8) is 0 Å². The van der Waals surface area contributed by atoms with Crippen LogP contribution in [0.3, 0.4) is 0 Å². The Balaban J connectivity index is 0.000000122. The first-order valence-electron chi connectivity index (χ1n) is 35.8. The van der Waals surface area contributed by atoms with Crippen molar-refractivity contribution in [2.24, 2.45) is 16.7 Å². The van der Waals surface area contributed by atoms with E-state index in [1.165, 1.54) is 64.9 Å². The molecule has 5 amide bonds. The van der Waals surface area contributed by atoms with Crippen LogP contribution >= 0.6 is 0 Å². The SMILES string of the molecule is CC(C)(C)C1CCC(N2CCC3(CC2)OC(=O)Nc2ccccc23)CC1.CC(C)(C)CCN1CCC2(CC1)OC(=O)Nc1ccccc12.COC(=O)N1CCC(N2CCC3(CC2)OC(=O)Nc2ccccc23)CC1.O=C1Nc2ccccc2C2(CCN(C3CCCC3)CC2)O1. The number of anilines is 4. The number of carbonyl (C=O) groups is 5. The standard InChI is InChI=1S/C22H32N2O2.C19H25N3O4.C18H26N2O2.C17H22N2O2/c1-21(2,3)16-8-10-17(11-9-16)24-14-12-22(13-15-24)18-6-4-5-7-19(18)23-20(25)26-22;1-25-18(24)22-10-6-14(7-11-22)21-12-8-19(9-13-21)15-4-2-3-5-16(15)20-17(23)26-19;1-17(2,3)8-11-20-12-9-18(10-13-20)14-6-4-5-7-15(14)19-16(21)22-18;20-16-18-15-8-4-3-7-14(15)17(21-16)9-11-19(12-10-17)13-5-1-2-6-13/h4-7,16-17H,8-15H2,1-3H3,(H,23,25);2-5,14H,6-13H2,1H3,(H,20,23);4-7H,8-13H2,1-3H3,(H,19,21);3-4,7-8,13H,1-2,5-6,9-12H2,(H,18,20). The molecule has 0 bridgehead atoms. The number of methoxy groups -OCH3 is 1. The van der Waals surface area contributed by atoms with Gasteiger partial charge in [0.05, 0.1) is 29.9 Å². The number of nitrogens with zero attached hydrogens (tertiary/aromatic N) is 5. The highest BCUT2D eigenvalue weighted by Crippen LogP contribution is 2.49. The van der Waals surface area contributed by atoms with Gasteiger partial charge in [-0.25, -0.2) is 24.0 Å². The number of para-hydroxylation sites is 4. The van der Waals surface area contributed by atoms with E-state index < -0.39 is 22.4 Å². The summed E-state index contributed by atoms with van der Waals surface area (Å²) in [6, 6.07) is 34.1. The Morgan fingerprint density at radius 1 is 0.432 bits per heavy atom. The van der Waals surface area contributed by atoms with Crippen molar-refractivity contribution in [1.29, 1.82) is 0 Å². The van der Waals surface area contributed by atoms with Crippen molar-refractivity contribution in [2.45, 2.75) is 204 Å². The Kier molecular flexibility index (Phi) is 20.5. The van der Waals surface area contributed by atoms with Crippen molar-refractivity contribution in [1.82, 2.24) is 24.5 Å². The molecule has 4 aromatic carbocycles. The molecule has 5 saturated heterocycles. The van der Waals surface area contributed by atoms with Gasteiger partial charge in [0.25, 0.3) is 0 Å². The number of nitrogens with one attached hydrogen (secondary N) is 4. The van der Waals surface area contributed by atoms with Crippen molar-refractivity contribution >= 4 is 53.2 Å². The molecule has 19 nitrogen and oxygen atoms in total. The highest BCUT2D eigenvalue weighted by Gasteiger charge is 2.50. The van der Waals surface area contributed by atoms with Gasteiger partial charge in [0.15, 0.2) is 0 Å². The minimum Gasteiger partial charge on any atom is -0.453 e. The molecule has 0 atom stereocenters. The maximum absolute atomic E-state index is 12.1. The van der Waals surface area contributed by atoms with Gasteiger partial charge in [-0.15, -0.1) is 0 Å². The molecule has 0 radical (unpaired) electrons. The molecule has 4 spiro atoms. The van der Waals surface area contributed by atoms with Crippen LogP contribution in [-0.2, 0) is 46.1 Å². The summed E-state index contributed by atoms with van der Waals surface area (Å²) in [7, 11) is 1.43. The van der Waals surface area contributed by atoms with E-state index in [0.29, 0.717) is 22.9 Å². The van der Waals surface area contributed by atoms with Gasteiger partial charge in [-0.3, -0.25) is 26.2 Å². The van der Waals surface area contributed by atoms with Gasteiger partial charge >= 0.3 is 30.5 Å². The zero-order chi connectivity index (χ0) is 66.6. The molecule has 2 aliphatic carbocycles. The fraction of sp³-hybridized carbons (Fsp3) is 0.618. The van der Waals surface area contributed by atoms with E-state index in [1.807, 2.05) is 72.8 Å². The van der Waals surface area contributed by atoms with Crippen LogP contribution in [-0.4, -0.2) is 152 Å². The molecule has 9 heterocycles. The maximum atomic E-state index is 12.1. The molecule has 11 aliphatic rings. The van der Waals surface area contributed by atoms with Crippen molar-refractivity contribution < 1.29 is 47.7 Å². The second-order valence-corrected chi connectivity index (χ2v) is 31.0. The zero-order valence-corrected chi connectivity index (χ0v) is 57.6. The quantitative estimate of drug-likeness (QED) is 0.138. The molecule has 0 aromatic heterocycles. The second-order valence-electron chi connectivity index (χ2n) is 31.0. The summed E-state index contributed by atoms with van der Waals surface area (Å²) in [5.74, 6) is 0.854. The Morgan fingerprint density at radius 3 is 1.05 bits per heavy atom. The smallest absolute Gasteiger partial charge is 0.412 e. The second kappa shape index (κ2) is 28.6. The summed E-state index contributed by atoms with van der Waals surface area (Å²) >= 11 is 0. The number of ether oxygens (including phenoxy) is 5. The van der Waals surface area contributed by atoms with Gasteiger partial charge in [0, 0.05) is 157 Å². The van der Waals surface area contributed by atoms with Crippen LogP contribution in [0.25, 0.3) is 0 Å². The van der Waals surface area contributed by atoms with E-state index in [1.54, 1.807) is 4.90 Å². The van der Waals surface area contributed by atoms with Gasteiger partial charge in [-0.1, -0.05) is 127 Å². The Hall–Kier alpha value is -6.93. The van der Waals surface area contributed by atoms with E-state index in [2.05, 4.69) is 107 Å². The fourth-order valence-corrected chi connectivity index (χ4v) is 17.4. The largest absolute Gasteiger partial charge is 0.453 e. The van der Waals surface area contributed by atoms with Crippen molar-refractivity contribution in [3.05, 3.63) is 119 Å². The number of fused-ring (bicyclic) bond motifs is 8. The third-order valence-corrected chi connectivity index (χ3v) is 23.1. The molecule has 15 rings (SSSR count). The summed E-state index contributed by atoms with van der Waals surface area (Å²) in [6.07, 6.45) is 19.3. The lowest BCUT2D eigenvalue weighted by Gasteiger charge is -2.48. The number of benzene rings is 4. The molecule has 514 valence electrons. The highest BCUT2D eigenvalue weighted by atomic mass is 16.6. The number of likely N-dealkylation sites (tertiary alicyclic amines) is 5. The topological polar surface area (TPSA) is 196 Å². The number of hydrogen-bond acceptors (Lipinski definition) is 14. The lowest BCUT2D eigenvalue weighted by Crippen LogP contribution is -2.53. The number of carbonyl (C=O) groups excluding carboxylic acids is 5. The molecule has 2 saturated carbocycles. The van der Waals surface area contributed by atoms with Crippen LogP contribution in [0, 0.1) is 16.7 Å². The van der Waals surface area contributed by atoms with E-state index in [0.717, 1.165) is 193 Å². The molecule has 9 aliphatic heterocycles.